The van der Waals surface area contributed by atoms with E-state index in [4.69, 9.17) is 5.73 Å². The summed E-state index contributed by atoms with van der Waals surface area (Å²) < 4.78 is 0.799. The number of nitrogen functional groups attached to an aromatic ring is 1. The quantitative estimate of drug-likeness (QED) is 0.938. The lowest BCUT2D eigenvalue weighted by atomic mass is 10.1. The Morgan fingerprint density at radius 1 is 1.33 bits per heavy atom. The van der Waals surface area contributed by atoms with E-state index in [1.165, 1.54) is 11.3 Å². The van der Waals surface area contributed by atoms with Crippen LogP contribution in [0, 0.1) is 12.8 Å². The third-order valence-corrected chi connectivity index (χ3v) is 4.18. The van der Waals surface area contributed by atoms with Crippen LogP contribution in [-0.4, -0.2) is 15.0 Å². The van der Waals surface area contributed by atoms with Gasteiger partial charge in [-0.05, 0) is 35.2 Å². The number of nitrogens with zero attached hydrogens (tertiary/aromatic N) is 3. The van der Waals surface area contributed by atoms with Crippen LogP contribution in [0.5, 0.6) is 0 Å². The van der Waals surface area contributed by atoms with Gasteiger partial charge in [0.05, 0.1) is 10.2 Å². The minimum Gasteiger partial charge on any atom is -0.383 e. The Hall–Kier alpha value is -1.01. The van der Waals surface area contributed by atoms with Gasteiger partial charge in [-0.25, -0.2) is 15.0 Å². The summed E-state index contributed by atoms with van der Waals surface area (Å²) in [7, 11) is 0. The second kappa shape index (κ2) is 5.32. The van der Waals surface area contributed by atoms with Crippen molar-refractivity contribution in [1.82, 2.24) is 15.0 Å². The smallest absolute Gasteiger partial charge is 0.191 e. The summed E-state index contributed by atoms with van der Waals surface area (Å²) in [4.78, 5) is 13.3. The van der Waals surface area contributed by atoms with Crippen LogP contribution in [0.3, 0.4) is 0 Å². The van der Waals surface area contributed by atoms with Gasteiger partial charge in [0.2, 0.25) is 0 Å². The molecule has 18 heavy (non-hydrogen) atoms. The first-order chi connectivity index (χ1) is 8.47. The van der Waals surface area contributed by atoms with E-state index in [1.54, 1.807) is 0 Å². The Bertz CT molecular complexity index is 565. The number of anilines is 1. The molecule has 0 aliphatic rings. The highest BCUT2D eigenvalue weighted by Crippen LogP contribution is 2.28. The second-order valence-electron chi connectivity index (χ2n) is 4.59. The zero-order valence-corrected chi connectivity index (χ0v) is 13.0. The predicted molar refractivity (Wildman–Crippen MR) is 78.5 cm³/mol. The summed E-state index contributed by atoms with van der Waals surface area (Å²) in [6.45, 7) is 6.26. The standard InChI is InChI=1S/C12H15BrN4S/c1-6(2)4-8-9(13)10(14)17-11(16-8)12-15-7(3)5-18-12/h5-6H,4H2,1-3H3,(H2,14,16,17). The fraction of sp³-hybridized carbons (Fsp3) is 0.417. The number of hydrogen-bond donors (Lipinski definition) is 1. The lowest BCUT2D eigenvalue weighted by Crippen LogP contribution is -2.05. The number of nitrogens with two attached hydrogens (primary N) is 1. The average Bonchev–Trinajstić information content (AvgIpc) is 2.70. The monoisotopic (exact) mass is 326 g/mol. The lowest BCUT2D eigenvalue weighted by Gasteiger charge is -2.09. The van der Waals surface area contributed by atoms with E-state index in [0.717, 1.165) is 27.3 Å². The number of aromatic nitrogens is 3. The van der Waals surface area contributed by atoms with Gasteiger partial charge >= 0.3 is 0 Å². The molecule has 0 aliphatic carbocycles. The molecule has 0 atom stereocenters. The van der Waals surface area contributed by atoms with Crippen LogP contribution in [-0.2, 0) is 6.42 Å². The van der Waals surface area contributed by atoms with E-state index in [0.29, 0.717) is 17.6 Å². The molecule has 96 valence electrons. The van der Waals surface area contributed by atoms with Crippen molar-refractivity contribution in [3.05, 3.63) is 21.2 Å². The number of rotatable bonds is 3. The van der Waals surface area contributed by atoms with Crippen molar-refractivity contribution < 1.29 is 0 Å². The highest BCUT2D eigenvalue weighted by molar-refractivity contribution is 9.10. The van der Waals surface area contributed by atoms with E-state index in [-0.39, 0.29) is 0 Å². The van der Waals surface area contributed by atoms with Gasteiger partial charge in [-0.2, -0.15) is 0 Å². The van der Waals surface area contributed by atoms with Gasteiger partial charge in [-0.15, -0.1) is 11.3 Å². The van der Waals surface area contributed by atoms with Crippen molar-refractivity contribution in [1.29, 1.82) is 0 Å². The van der Waals surface area contributed by atoms with Crippen molar-refractivity contribution in [2.24, 2.45) is 5.92 Å². The van der Waals surface area contributed by atoms with Gasteiger partial charge < -0.3 is 5.73 Å². The van der Waals surface area contributed by atoms with E-state index in [2.05, 4.69) is 44.7 Å². The largest absolute Gasteiger partial charge is 0.383 e. The van der Waals surface area contributed by atoms with E-state index in [9.17, 15) is 0 Å². The SMILES string of the molecule is Cc1csc(-c2nc(N)c(Br)c(CC(C)C)n2)n1. The van der Waals surface area contributed by atoms with Crippen LogP contribution < -0.4 is 5.73 Å². The maximum absolute atomic E-state index is 5.92. The molecular weight excluding hydrogens is 312 g/mol. The number of aryl methyl sites for hydroxylation is 1. The summed E-state index contributed by atoms with van der Waals surface area (Å²) in [5.41, 5.74) is 7.84. The van der Waals surface area contributed by atoms with Gasteiger partial charge in [0.25, 0.3) is 0 Å². The number of halogens is 1. The normalized spacial score (nSPS) is 11.2. The van der Waals surface area contributed by atoms with Crippen molar-refractivity contribution in [2.45, 2.75) is 27.2 Å². The first-order valence-electron chi connectivity index (χ1n) is 5.71. The van der Waals surface area contributed by atoms with Crippen molar-refractivity contribution in [3.63, 3.8) is 0 Å². The van der Waals surface area contributed by atoms with Crippen molar-refractivity contribution >= 4 is 33.1 Å². The fourth-order valence-electron chi connectivity index (χ4n) is 1.59. The summed E-state index contributed by atoms with van der Waals surface area (Å²) >= 11 is 4.99. The first-order valence-corrected chi connectivity index (χ1v) is 7.39. The Morgan fingerprint density at radius 3 is 2.61 bits per heavy atom. The Morgan fingerprint density at radius 2 is 2.06 bits per heavy atom. The highest BCUT2D eigenvalue weighted by Gasteiger charge is 2.14. The molecule has 2 N–H and O–H groups in total. The van der Waals surface area contributed by atoms with Gasteiger partial charge in [0.1, 0.15) is 5.82 Å². The highest BCUT2D eigenvalue weighted by atomic mass is 79.9. The van der Waals surface area contributed by atoms with E-state index in [1.807, 2.05) is 12.3 Å². The lowest BCUT2D eigenvalue weighted by molar-refractivity contribution is 0.633. The van der Waals surface area contributed by atoms with Crippen LogP contribution in [0.2, 0.25) is 0 Å². The zero-order valence-electron chi connectivity index (χ0n) is 10.6. The van der Waals surface area contributed by atoms with Crippen LogP contribution in [0.15, 0.2) is 9.85 Å². The average molecular weight is 327 g/mol. The molecule has 0 saturated carbocycles. The van der Waals surface area contributed by atoms with Gasteiger partial charge in [0.15, 0.2) is 10.8 Å². The molecule has 4 nitrogen and oxygen atoms in total. The molecule has 0 aromatic carbocycles. The number of hydrogen-bond acceptors (Lipinski definition) is 5. The Labute approximate surface area is 119 Å². The third-order valence-electron chi connectivity index (χ3n) is 2.36. The van der Waals surface area contributed by atoms with Gasteiger partial charge in [-0.3, -0.25) is 0 Å². The molecule has 0 aliphatic heterocycles. The van der Waals surface area contributed by atoms with E-state index < -0.39 is 0 Å². The molecule has 0 amide bonds. The summed E-state index contributed by atoms with van der Waals surface area (Å²) in [5, 5.41) is 2.80. The summed E-state index contributed by atoms with van der Waals surface area (Å²) in [6, 6.07) is 0. The van der Waals surface area contributed by atoms with Gasteiger partial charge in [0, 0.05) is 11.1 Å². The Kier molecular flexibility index (Phi) is 3.97. The molecule has 2 aromatic heterocycles. The van der Waals surface area contributed by atoms with Gasteiger partial charge in [-0.1, -0.05) is 13.8 Å². The molecule has 2 heterocycles. The van der Waals surface area contributed by atoms with E-state index >= 15 is 0 Å². The summed E-state index contributed by atoms with van der Waals surface area (Å²) in [5.74, 6) is 1.61. The molecule has 0 spiro atoms. The van der Waals surface area contributed by atoms with Crippen LogP contribution in [0.25, 0.3) is 10.8 Å². The van der Waals surface area contributed by atoms with Crippen LogP contribution in [0.1, 0.15) is 25.2 Å². The maximum Gasteiger partial charge on any atom is 0.191 e. The molecule has 0 unspecified atom stereocenters. The maximum atomic E-state index is 5.92. The minimum atomic E-state index is 0.475. The molecule has 0 fully saturated rings. The van der Waals surface area contributed by atoms with Crippen LogP contribution >= 0.6 is 27.3 Å². The molecule has 2 aromatic rings. The first kappa shape index (κ1) is 13.4. The third kappa shape index (κ3) is 2.87. The Balaban J connectivity index is 2.46. The van der Waals surface area contributed by atoms with Crippen LogP contribution in [0.4, 0.5) is 5.82 Å². The second-order valence-corrected chi connectivity index (χ2v) is 6.24. The molecule has 0 saturated heterocycles. The molecule has 0 radical (unpaired) electrons. The topological polar surface area (TPSA) is 64.7 Å². The molecule has 6 heteroatoms. The molecule has 2 rings (SSSR count). The predicted octanol–water partition coefficient (Wildman–Crippen LogP) is 3.45. The molecular formula is C12H15BrN4S. The number of thiazole rings is 1. The fourth-order valence-corrected chi connectivity index (χ4v) is 2.65. The van der Waals surface area contributed by atoms with Crippen molar-refractivity contribution in [3.8, 4) is 10.8 Å². The minimum absolute atomic E-state index is 0.475. The summed E-state index contributed by atoms with van der Waals surface area (Å²) in [6.07, 6.45) is 0.866. The molecule has 0 bridgehead atoms. The van der Waals surface area contributed by atoms with Crippen molar-refractivity contribution in [2.75, 3.05) is 5.73 Å². The zero-order chi connectivity index (χ0) is 13.3.